The van der Waals surface area contributed by atoms with Crippen LogP contribution in [0.2, 0.25) is 0 Å². The number of carbonyl (C=O) groups excluding carboxylic acids is 1. The molecule has 0 aromatic heterocycles. The summed E-state index contributed by atoms with van der Waals surface area (Å²) in [7, 11) is 0. The molecule has 4 heteroatoms. The molecule has 0 radical (unpaired) electrons. The number of hydrogen-bond acceptors (Lipinski definition) is 2. The molecule has 21 heavy (non-hydrogen) atoms. The molecule has 0 bridgehead atoms. The molecule has 0 aliphatic carbocycles. The molecule has 1 amide bonds. The first kappa shape index (κ1) is 15.8. The van der Waals surface area contributed by atoms with Crippen LogP contribution in [0.15, 0.2) is 40.9 Å². The second-order valence-corrected chi connectivity index (χ2v) is 6.47. The number of benzene rings is 2. The van der Waals surface area contributed by atoms with Gasteiger partial charge in [-0.25, -0.2) is 0 Å². The Morgan fingerprint density at radius 3 is 2.67 bits per heavy atom. The van der Waals surface area contributed by atoms with Gasteiger partial charge in [-0.3, -0.25) is 4.79 Å². The van der Waals surface area contributed by atoms with Crippen molar-refractivity contribution in [1.29, 1.82) is 0 Å². The fourth-order valence-corrected chi connectivity index (χ4v) is 2.58. The maximum Gasteiger partial charge on any atom is 0.258 e. The summed E-state index contributed by atoms with van der Waals surface area (Å²) in [5, 5.41) is 5.16. The molecule has 0 atom stereocenters. The standard InChI is InChI=1S/C17H20BrNO2/c1-4-17(2,3)19-15(20)11-21-14-10-9-12-7-5-6-8-13(12)16(14)18/h5-10H,4,11H2,1-3H3,(H,19,20). The summed E-state index contributed by atoms with van der Waals surface area (Å²) in [6, 6.07) is 11.9. The Morgan fingerprint density at radius 2 is 1.95 bits per heavy atom. The van der Waals surface area contributed by atoms with Crippen molar-refractivity contribution in [2.45, 2.75) is 32.7 Å². The van der Waals surface area contributed by atoms with Crippen LogP contribution in [0, 0.1) is 0 Å². The van der Waals surface area contributed by atoms with Gasteiger partial charge in [0.1, 0.15) is 5.75 Å². The van der Waals surface area contributed by atoms with Gasteiger partial charge < -0.3 is 10.1 Å². The van der Waals surface area contributed by atoms with Crippen molar-refractivity contribution in [1.82, 2.24) is 5.32 Å². The highest BCUT2D eigenvalue weighted by Crippen LogP contribution is 2.32. The van der Waals surface area contributed by atoms with E-state index in [0.29, 0.717) is 5.75 Å². The summed E-state index contributed by atoms with van der Waals surface area (Å²) in [4.78, 5) is 11.9. The third kappa shape index (κ3) is 3.97. The van der Waals surface area contributed by atoms with E-state index < -0.39 is 0 Å². The van der Waals surface area contributed by atoms with Gasteiger partial charge >= 0.3 is 0 Å². The molecule has 0 aliphatic heterocycles. The van der Waals surface area contributed by atoms with Gasteiger partial charge in [-0.15, -0.1) is 0 Å². The van der Waals surface area contributed by atoms with Gasteiger partial charge in [0, 0.05) is 5.54 Å². The highest BCUT2D eigenvalue weighted by atomic mass is 79.9. The van der Waals surface area contributed by atoms with Gasteiger partial charge in [0.25, 0.3) is 5.91 Å². The zero-order valence-electron chi connectivity index (χ0n) is 12.6. The molecule has 1 N–H and O–H groups in total. The fourth-order valence-electron chi connectivity index (χ4n) is 1.97. The molecule has 0 saturated heterocycles. The van der Waals surface area contributed by atoms with Gasteiger partial charge in [0.15, 0.2) is 6.61 Å². The lowest BCUT2D eigenvalue weighted by Crippen LogP contribution is -2.44. The summed E-state index contributed by atoms with van der Waals surface area (Å²) < 4.78 is 6.52. The first-order chi connectivity index (χ1) is 9.93. The monoisotopic (exact) mass is 349 g/mol. The van der Waals surface area contributed by atoms with Crippen LogP contribution in [-0.4, -0.2) is 18.1 Å². The molecular formula is C17H20BrNO2. The second kappa shape index (κ2) is 6.48. The average molecular weight is 350 g/mol. The number of nitrogens with one attached hydrogen (secondary N) is 1. The van der Waals surface area contributed by atoms with Crippen LogP contribution in [0.3, 0.4) is 0 Å². The van der Waals surface area contributed by atoms with Gasteiger partial charge in [0.05, 0.1) is 4.47 Å². The summed E-state index contributed by atoms with van der Waals surface area (Å²) >= 11 is 3.55. The number of amides is 1. The third-order valence-electron chi connectivity index (χ3n) is 3.55. The number of halogens is 1. The van der Waals surface area contributed by atoms with Crippen molar-refractivity contribution < 1.29 is 9.53 Å². The first-order valence-corrected chi connectivity index (χ1v) is 7.83. The van der Waals surface area contributed by atoms with Crippen molar-refractivity contribution >= 4 is 32.6 Å². The maximum absolute atomic E-state index is 11.9. The van der Waals surface area contributed by atoms with Crippen LogP contribution in [-0.2, 0) is 4.79 Å². The van der Waals surface area contributed by atoms with Gasteiger partial charge in [-0.1, -0.05) is 37.3 Å². The molecule has 112 valence electrons. The molecular weight excluding hydrogens is 330 g/mol. The smallest absolute Gasteiger partial charge is 0.258 e. The highest BCUT2D eigenvalue weighted by molar-refractivity contribution is 9.10. The van der Waals surface area contributed by atoms with E-state index in [1.807, 2.05) is 57.2 Å². The number of carbonyl (C=O) groups is 1. The minimum Gasteiger partial charge on any atom is -0.483 e. The van der Waals surface area contributed by atoms with Gasteiger partial charge in [-0.2, -0.15) is 0 Å². The van der Waals surface area contributed by atoms with E-state index in [1.54, 1.807) is 0 Å². The molecule has 0 fully saturated rings. The molecule has 0 unspecified atom stereocenters. The highest BCUT2D eigenvalue weighted by Gasteiger charge is 2.18. The summed E-state index contributed by atoms with van der Waals surface area (Å²) in [6.45, 7) is 6.05. The van der Waals surface area contributed by atoms with E-state index in [1.165, 1.54) is 0 Å². The largest absolute Gasteiger partial charge is 0.483 e. The molecule has 2 aromatic carbocycles. The first-order valence-electron chi connectivity index (χ1n) is 7.04. The minimum absolute atomic E-state index is 0.0143. The molecule has 0 saturated carbocycles. The van der Waals surface area contributed by atoms with Crippen LogP contribution in [0.1, 0.15) is 27.2 Å². The lowest BCUT2D eigenvalue weighted by Gasteiger charge is -2.24. The second-order valence-electron chi connectivity index (χ2n) is 5.67. The van der Waals surface area contributed by atoms with Crippen molar-refractivity contribution in [3.8, 4) is 5.75 Å². The zero-order chi connectivity index (χ0) is 15.5. The Kier molecular flexibility index (Phi) is 4.88. The molecule has 0 heterocycles. The summed E-state index contributed by atoms with van der Waals surface area (Å²) in [5.74, 6) is 0.570. The lowest BCUT2D eigenvalue weighted by atomic mass is 10.0. The SMILES string of the molecule is CCC(C)(C)NC(=O)COc1ccc2ccccc2c1Br. The van der Waals surface area contributed by atoms with Crippen LogP contribution in [0.25, 0.3) is 10.8 Å². The van der Waals surface area contributed by atoms with Crippen molar-refractivity contribution in [2.75, 3.05) is 6.61 Å². The third-order valence-corrected chi connectivity index (χ3v) is 4.37. The zero-order valence-corrected chi connectivity index (χ0v) is 14.2. The van der Waals surface area contributed by atoms with E-state index >= 15 is 0 Å². The maximum atomic E-state index is 11.9. The van der Waals surface area contributed by atoms with E-state index in [4.69, 9.17) is 4.74 Å². The summed E-state index contributed by atoms with van der Waals surface area (Å²) in [5.41, 5.74) is -0.207. The van der Waals surface area contributed by atoms with Crippen molar-refractivity contribution in [3.05, 3.63) is 40.9 Å². The molecule has 3 nitrogen and oxygen atoms in total. The number of fused-ring (bicyclic) bond motifs is 1. The topological polar surface area (TPSA) is 38.3 Å². The lowest BCUT2D eigenvalue weighted by molar-refractivity contribution is -0.124. The molecule has 2 aromatic rings. The van der Waals surface area contributed by atoms with Crippen LogP contribution < -0.4 is 10.1 Å². The van der Waals surface area contributed by atoms with Crippen molar-refractivity contribution in [3.63, 3.8) is 0 Å². The van der Waals surface area contributed by atoms with Crippen LogP contribution >= 0.6 is 15.9 Å². The number of rotatable bonds is 5. The molecule has 0 spiro atoms. The quantitative estimate of drug-likeness (QED) is 0.874. The molecule has 2 rings (SSSR count). The van der Waals surface area contributed by atoms with E-state index in [9.17, 15) is 4.79 Å². The Morgan fingerprint density at radius 1 is 1.24 bits per heavy atom. The van der Waals surface area contributed by atoms with Gasteiger partial charge in [0.2, 0.25) is 0 Å². The van der Waals surface area contributed by atoms with Crippen LogP contribution in [0.4, 0.5) is 0 Å². The summed E-state index contributed by atoms with van der Waals surface area (Å²) in [6.07, 6.45) is 0.873. The van der Waals surface area contributed by atoms with E-state index in [0.717, 1.165) is 21.7 Å². The predicted molar refractivity (Wildman–Crippen MR) is 89.7 cm³/mol. The number of hydrogen-bond donors (Lipinski definition) is 1. The molecule has 0 aliphatic rings. The fraction of sp³-hybridized carbons (Fsp3) is 0.353. The van der Waals surface area contributed by atoms with E-state index in [2.05, 4.69) is 21.2 Å². The number of ether oxygens (including phenoxy) is 1. The van der Waals surface area contributed by atoms with E-state index in [-0.39, 0.29) is 18.1 Å². The average Bonchev–Trinajstić information content (AvgIpc) is 2.46. The Balaban J connectivity index is 2.07. The van der Waals surface area contributed by atoms with Gasteiger partial charge in [-0.05, 0) is 53.0 Å². The Labute approximate surface area is 133 Å². The normalized spacial score (nSPS) is 11.4. The predicted octanol–water partition coefficient (Wildman–Crippen LogP) is 4.29. The van der Waals surface area contributed by atoms with Crippen LogP contribution in [0.5, 0.6) is 5.75 Å². The Bertz CT molecular complexity index is 652. The Hall–Kier alpha value is -1.55. The van der Waals surface area contributed by atoms with Crippen molar-refractivity contribution in [2.24, 2.45) is 0 Å². The minimum atomic E-state index is -0.207.